The van der Waals surface area contributed by atoms with Crippen LogP contribution in [-0.2, 0) is 20.7 Å². The number of esters is 1. The molecule has 0 spiro atoms. The fraction of sp³-hybridized carbons (Fsp3) is 0.235. The van der Waals surface area contributed by atoms with Gasteiger partial charge in [-0.1, -0.05) is 23.9 Å². The average Bonchev–Trinajstić information content (AvgIpc) is 2.61. The van der Waals surface area contributed by atoms with Crippen LogP contribution in [0.2, 0.25) is 0 Å². The van der Waals surface area contributed by atoms with Gasteiger partial charge in [-0.3, -0.25) is 14.4 Å². The number of aromatic amines is 1. The second-order valence-corrected chi connectivity index (χ2v) is 6.53. The number of hydrogen-bond donors (Lipinski definition) is 2. The van der Waals surface area contributed by atoms with Crippen molar-refractivity contribution in [3.63, 3.8) is 0 Å². The molecule has 0 unspecified atom stereocenters. The third kappa shape index (κ3) is 5.19. The average molecular weight is 372 g/mol. The molecule has 1 aromatic heterocycles. The third-order valence-corrected chi connectivity index (χ3v) is 4.27. The minimum absolute atomic E-state index is 0.135. The molecule has 9 heteroatoms. The topological polar surface area (TPSA) is 125 Å². The maximum Gasteiger partial charge on any atom is 0.311 e. The molecule has 0 radical (unpaired) electrons. The molecule has 0 saturated heterocycles. The zero-order valence-corrected chi connectivity index (χ0v) is 14.9. The summed E-state index contributed by atoms with van der Waals surface area (Å²) in [7, 11) is 1.25. The highest BCUT2D eigenvalue weighted by atomic mass is 32.2. The van der Waals surface area contributed by atoms with Crippen LogP contribution in [0.25, 0.3) is 0 Å². The van der Waals surface area contributed by atoms with Crippen molar-refractivity contribution in [1.82, 2.24) is 9.97 Å². The Morgan fingerprint density at radius 3 is 2.85 bits per heavy atom. The molecular weight excluding hydrogens is 356 g/mol. The van der Waals surface area contributed by atoms with E-state index in [1.165, 1.54) is 13.2 Å². The Kier molecular flexibility index (Phi) is 6.52. The van der Waals surface area contributed by atoms with Crippen molar-refractivity contribution in [1.29, 1.82) is 5.26 Å². The van der Waals surface area contributed by atoms with Gasteiger partial charge < -0.3 is 15.0 Å². The maximum atomic E-state index is 12.3. The summed E-state index contributed by atoms with van der Waals surface area (Å²) in [4.78, 5) is 42.1. The third-order valence-electron chi connectivity index (χ3n) is 3.29. The molecular formula is C17H16N4O4S. The van der Waals surface area contributed by atoms with E-state index < -0.39 is 16.8 Å². The van der Waals surface area contributed by atoms with E-state index >= 15 is 0 Å². The van der Waals surface area contributed by atoms with E-state index in [-0.39, 0.29) is 23.2 Å². The van der Waals surface area contributed by atoms with Crippen molar-refractivity contribution in [2.45, 2.75) is 23.8 Å². The SMILES string of the molecule is COC(=O)Cc1cc(=O)[nH]c(S[C@@H](C)C(=O)Nc2ccccc2C#N)n1. The van der Waals surface area contributed by atoms with Crippen molar-refractivity contribution in [2.24, 2.45) is 0 Å². The predicted octanol–water partition coefficient (Wildman–Crippen LogP) is 1.48. The van der Waals surface area contributed by atoms with Gasteiger partial charge in [0, 0.05) is 6.07 Å². The minimum atomic E-state index is -0.599. The summed E-state index contributed by atoms with van der Waals surface area (Å²) < 4.78 is 4.55. The van der Waals surface area contributed by atoms with E-state index in [2.05, 4.69) is 20.0 Å². The Balaban J connectivity index is 2.10. The van der Waals surface area contributed by atoms with E-state index in [0.29, 0.717) is 11.3 Å². The number of methoxy groups -OCH3 is 1. The number of nitrogens with zero attached hydrogens (tertiary/aromatic N) is 2. The summed E-state index contributed by atoms with van der Waals surface area (Å²) in [6.07, 6.45) is -0.135. The van der Waals surface area contributed by atoms with Crippen LogP contribution < -0.4 is 10.9 Å². The van der Waals surface area contributed by atoms with Gasteiger partial charge in [-0.2, -0.15) is 5.26 Å². The number of carbonyl (C=O) groups excluding carboxylic acids is 2. The number of amides is 1. The van der Waals surface area contributed by atoms with Gasteiger partial charge in [0.15, 0.2) is 5.16 Å². The lowest BCUT2D eigenvalue weighted by Gasteiger charge is -2.12. The highest BCUT2D eigenvalue weighted by Crippen LogP contribution is 2.21. The predicted molar refractivity (Wildman–Crippen MR) is 95.7 cm³/mol. The van der Waals surface area contributed by atoms with Crippen LogP contribution in [0.4, 0.5) is 5.69 Å². The summed E-state index contributed by atoms with van der Waals surface area (Å²) in [5.41, 5.74) is 0.590. The van der Waals surface area contributed by atoms with E-state index in [9.17, 15) is 14.4 Å². The number of H-pyrrole nitrogens is 1. The van der Waals surface area contributed by atoms with Gasteiger partial charge in [-0.05, 0) is 19.1 Å². The Hall–Kier alpha value is -3.12. The maximum absolute atomic E-state index is 12.3. The number of nitriles is 1. The molecule has 8 nitrogen and oxygen atoms in total. The summed E-state index contributed by atoms with van der Waals surface area (Å²) in [5.74, 6) is -0.864. The van der Waals surface area contributed by atoms with Crippen LogP contribution in [0.5, 0.6) is 0 Å². The Morgan fingerprint density at radius 2 is 2.15 bits per heavy atom. The van der Waals surface area contributed by atoms with Gasteiger partial charge in [0.25, 0.3) is 5.56 Å². The second-order valence-electron chi connectivity index (χ2n) is 5.20. The first-order chi connectivity index (χ1) is 12.4. The molecule has 134 valence electrons. The van der Waals surface area contributed by atoms with Crippen LogP contribution in [0, 0.1) is 11.3 Å². The molecule has 0 fully saturated rings. The lowest BCUT2D eigenvalue weighted by atomic mass is 10.2. The number of aromatic nitrogens is 2. The van der Waals surface area contributed by atoms with Crippen LogP contribution in [-0.4, -0.2) is 34.2 Å². The molecule has 0 aliphatic heterocycles. The Bertz CT molecular complexity index is 919. The van der Waals surface area contributed by atoms with Crippen molar-refractivity contribution >= 4 is 29.3 Å². The van der Waals surface area contributed by atoms with Crippen LogP contribution in [0.3, 0.4) is 0 Å². The van der Waals surface area contributed by atoms with Gasteiger partial charge in [0.2, 0.25) is 5.91 Å². The molecule has 0 aliphatic carbocycles. The zero-order valence-electron chi connectivity index (χ0n) is 14.1. The smallest absolute Gasteiger partial charge is 0.311 e. The number of rotatable bonds is 6. The number of ether oxygens (including phenoxy) is 1. The molecule has 1 atom stereocenters. The highest BCUT2D eigenvalue weighted by Gasteiger charge is 2.18. The molecule has 1 aromatic carbocycles. The van der Waals surface area contributed by atoms with Gasteiger partial charge in [0.05, 0.1) is 35.7 Å². The fourth-order valence-electron chi connectivity index (χ4n) is 1.99. The number of para-hydroxylation sites is 1. The van der Waals surface area contributed by atoms with Crippen molar-refractivity contribution in [3.05, 3.63) is 51.9 Å². The molecule has 0 saturated carbocycles. The van der Waals surface area contributed by atoms with E-state index in [1.807, 2.05) is 6.07 Å². The van der Waals surface area contributed by atoms with Gasteiger partial charge in [0.1, 0.15) is 6.07 Å². The summed E-state index contributed by atoms with van der Waals surface area (Å²) in [5, 5.41) is 11.4. The quantitative estimate of drug-likeness (QED) is 0.447. The number of hydrogen-bond acceptors (Lipinski definition) is 7. The zero-order chi connectivity index (χ0) is 19.1. The van der Waals surface area contributed by atoms with Gasteiger partial charge in [-0.25, -0.2) is 4.98 Å². The first-order valence-corrected chi connectivity index (χ1v) is 8.44. The number of carbonyl (C=O) groups is 2. The molecule has 2 rings (SSSR count). The lowest BCUT2D eigenvalue weighted by Crippen LogP contribution is -2.24. The van der Waals surface area contributed by atoms with Crippen molar-refractivity contribution in [2.75, 3.05) is 12.4 Å². The monoisotopic (exact) mass is 372 g/mol. The van der Waals surface area contributed by atoms with E-state index in [1.54, 1.807) is 31.2 Å². The number of anilines is 1. The molecule has 1 amide bonds. The van der Waals surface area contributed by atoms with Gasteiger partial charge >= 0.3 is 5.97 Å². The normalized spacial score (nSPS) is 11.3. The van der Waals surface area contributed by atoms with Gasteiger partial charge in [-0.15, -0.1) is 0 Å². The number of benzene rings is 1. The van der Waals surface area contributed by atoms with Crippen LogP contribution >= 0.6 is 11.8 Å². The first-order valence-electron chi connectivity index (χ1n) is 7.56. The lowest BCUT2D eigenvalue weighted by molar-refractivity contribution is -0.139. The first kappa shape index (κ1) is 19.2. The molecule has 0 bridgehead atoms. The largest absolute Gasteiger partial charge is 0.469 e. The Labute approximate surface area is 153 Å². The van der Waals surface area contributed by atoms with E-state index in [4.69, 9.17) is 5.26 Å². The number of nitrogens with one attached hydrogen (secondary N) is 2. The minimum Gasteiger partial charge on any atom is -0.469 e. The highest BCUT2D eigenvalue weighted by molar-refractivity contribution is 8.00. The van der Waals surface area contributed by atoms with Crippen molar-refractivity contribution < 1.29 is 14.3 Å². The summed E-state index contributed by atoms with van der Waals surface area (Å²) in [6, 6.07) is 9.85. The van der Waals surface area contributed by atoms with E-state index in [0.717, 1.165) is 11.8 Å². The van der Waals surface area contributed by atoms with Crippen molar-refractivity contribution in [3.8, 4) is 6.07 Å². The number of thioether (sulfide) groups is 1. The van der Waals surface area contributed by atoms with Crippen LogP contribution in [0.1, 0.15) is 18.2 Å². The summed E-state index contributed by atoms with van der Waals surface area (Å²) >= 11 is 1.03. The molecule has 2 aromatic rings. The second kappa shape index (κ2) is 8.82. The van der Waals surface area contributed by atoms with Crippen LogP contribution in [0.15, 0.2) is 40.3 Å². The Morgan fingerprint density at radius 1 is 1.42 bits per heavy atom. The standard InChI is InChI=1S/C17H16N4O4S/c1-10(16(24)20-13-6-4-3-5-11(13)9-18)26-17-19-12(7-14(22)21-17)8-15(23)25-2/h3-7,10H,8H2,1-2H3,(H,20,24)(H,19,21,22)/t10-/m0/s1. The molecule has 2 N–H and O–H groups in total. The molecule has 1 heterocycles. The molecule has 26 heavy (non-hydrogen) atoms. The fourth-order valence-corrected chi connectivity index (χ4v) is 2.83. The summed E-state index contributed by atoms with van der Waals surface area (Å²) in [6.45, 7) is 1.64. The molecule has 0 aliphatic rings.